The molecule has 2 aromatic rings. The summed E-state index contributed by atoms with van der Waals surface area (Å²) in [6.07, 6.45) is 0.113. The molecular weight excluding hydrogens is 343 g/mol. The number of aryl methyl sites for hydroxylation is 2. The van der Waals surface area contributed by atoms with Gasteiger partial charge in [0.1, 0.15) is 5.82 Å². The Morgan fingerprint density at radius 2 is 1.84 bits per heavy atom. The van der Waals surface area contributed by atoms with Crippen LogP contribution in [0, 0.1) is 19.7 Å². The number of hydrogen-bond acceptors (Lipinski definition) is 2. The second-order valence-corrected chi connectivity index (χ2v) is 6.27. The first-order chi connectivity index (χ1) is 11.8. The van der Waals surface area contributed by atoms with Crippen molar-refractivity contribution in [2.75, 3.05) is 16.8 Å². The maximum Gasteiger partial charge on any atom is 0.226 e. The van der Waals surface area contributed by atoms with Crippen molar-refractivity contribution in [3.8, 4) is 0 Å². The maximum absolute atomic E-state index is 13.3. The van der Waals surface area contributed by atoms with Gasteiger partial charge in [0.2, 0.25) is 11.8 Å². The van der Waals surface area contributed by atoms with Crippen LogP contribution in [0.4, 0.5) is 15.8 Å². The third-order valence-electron chi connectivity index (χ3n) is 3.95. The second-order valence-electron chi connectivity index (χ2n) is 5.87. The molecule has 132 valence electrons. The maximum atomic E-state index is 13.3. The molecule has 4 nitrogen and oxygen atoms in total. The van der Waals surface area contributed by atoms with Crippen molar-refractivity contribution in [2.24, 2.45) is 0 Å². The van der Waals surface area contributed by atoms with Crippen LogP contribution in [-0.2, 0) is 9.59 Å². The minimum Gasteiger partial charge on any atom is -0.326 e. The number of rotatable bonds is 5. The van der Waals surface area contributed by atoms with Gasteiger partial charge in [-0.05, 0) is 55.3 Å². The van der Waals surface area contributed by atoms with E-state index in [9.17, 15) is 14.0 Å². The topological polar surface area (TPSA) is 49.4 Å². The van der Waals surface area contributed by atoms with Crippen LogP contribution in [-0.4, -0.2) is 18.4 Å². The van der Waals surface area contributed by atoms with E-state index in [1.165, 1.54) is 30.0 Å². The van der Waals surface area contributed by atoms with Crippen molar-refractivity contribution in [1.82, 2.24) is 0 Å². The molecule has 0 unspecified atom stereocenters. The number of carbonyl (C=O) groups excluding carboxylic acids is 2. The summed E-state index contributed by atoms with van der Waals surface area (Å²) in [4.78, 5) is 25.4. The largest absolute Gasteiger partial charge is 0.326 e. The van der Waals surface area contributed by atoms with E-state index in [2.05, 4.69) is 5.32 Å². The molecule has 2 rings (SSSR count). The summed E-state index contributed by atoms with van der Waals surface area (Å²) in [6.45, 7) is 5.53. The number of hydrogen-bond donors (Lipinski definition) is 1. The van der Waals surface area contributed by atoms with Gasteiger partial charge in [-0.15, -0.1) is 0 Å². The highest BCUT2D eigenvalue weighted by Gasteiger charge is 2.15. The van der Waals surface area contributed by atoms with Gasteiger partial charge in [0.05, 0.1) is 5.02 Å². The van der Waals surface area contributed by atoms with Crippen LogP contribution in [0.3, 0.4) is 0 Å². The second kappa shape index (κ2) is 8.12. The monoisotopic (exact) mass is 362 g/mol. The van der Waals surface area contributed by atoms with Crippen LogP contribution >= 0.6 is 11.6 Å². The molecule has 0 aromatic heterocycles. The standard InChI is InChI=1S/C19H20ClFN2O2/c1-12-4-5-15(10-13(12)2)22-19(25)8-9-23(14(3)24)16-6-7-18(21)17(20)11-16/h4-7,10-11H,8-9H2,1-3H3,(H,22,25). The Labute approximate surface area is 151 Å². The average molecular weight is 363 g/mol. The smallest absolute Gasteiger partial charge is 0.226 e. The molecular formula is C19H20ClFN2O2. The lowest BCUT2D eigenvalue weighted by molar-refractivity contribution is -0.117. The molecule has 0 saturated carbocycles. The van der Waals surface area contributed by atoms with Gasteiger partial charge < -0.3 is 10.2 Å². The Bertz CT molecular complexity index is 808. The van der Waals surface area contributed by atoms with E-state index in [1.54, 1.807) is 0 Å². The molecule has 0 spiro atoms. The lowest BCUT2D eigenvalue weighted by Crippen LogP contribution is -2.32. The lowest BCUT2D eigenvalue weighted by atomic mass is 10.1. The van der Waals surface area contributed by atoms with Gasteiger partial charge in [0, 0.05) is 31.3 Å². The number of nitrogens with zero attached hydrogens (tertiary/aromatic N) is 1. The number of carbonyl (C=O) groups is 2. The third kappa shape index (κ3) is 5.03. The average Bonchev–Trinajstić information content (AvgIpc) is 2.54. The molecule has 0 aliphatic rings. The molecule has 25 heavy (non-hydrogen) atoms. The Morgan fingerprint density at radius 3 is 2.44 bits per heavy atom. The number of nitrogens with one attached hydrogen (secondary N) is 1. The van der Waals surface area contributed by atoms with Crippen LogP contribution in [0.15, 0.2) is 36.4 Å². The SMILES string of the molecule is CC(=O)N(CCC(=O)Nc1ccc(C)c(C)c1)c1ccc(F)c(Cl)c1. The Hall–Kier alpha value is -2.40. The molecule has 0 radical (unpaired) electrons. The Kier molecular flexibility index (Phi) is 6.15. The van der Waals surface area contributed by atoms with Crippen molar-refractivity contribution in [3.05, 3.63) is 58.4 Å². The molecule has 1 N–H and O–H groups in total. The van der Waals surface area contributed by atoms with Gasteiger partial charge >= 0.3 is 0 Å². The number of amides is 2. The van der Waals surface area contributed by atoms with Gasteiger partial charge in [-0.25, -0.2) is 4.39 Å². The van der Waals surface area contributed by atoms with E-state index >= 15 is 0 Å². The summed E-state index contributed by atoms with van der Waals surface area (Å²) in [6, 6.07) is 9.71. The zero-order valence-electron chi connectivity index (χ0n) is 14.4. The van der Waals surface area contributed by atoms with Crippen molar-refractivity contribution in [2.45, 2.75) is 27.2 Å². The molecule has 0 aliphatic heterocycles. The fraction of sp³-hybridized carbons (Fsp3) is 0.263. The highest BCUT2D eigenvalue weighted by Crippen LogP contribution is 2.23. The highest BCUT2D eigenvalue weighted by atomic mass is 35.5. The van der Waals surface area contributed by atoms with E-state index in [0.29, 0.717) is 11.4 Å². The lowest BCUT2D eigenvalue weighted by Gasteiger charge is -2.21. The quantitative estimate of drug-likeness (QED) is 0.852. The van der Waals surface area contributed by atoms with E-state index in [0.717, 1.165) is 11.1 Å². The molecule has 0 bridgehead atoms. The van der Waals surface area contributed by atoms with Gasteiger partial charge in [-0.2, -0.15) is 0 Å². The summed E-state index contributed by atoms with van der Waals surface area (Å²) in [7, 11) is 0. The molecule has 6 heteroatoms. The van der Waals surface area contributed by atoms with Crippen molar-refractivity contribution in [3.63, 3.8) is 0 Å². The summed E-state index contributed by atoms with van der Waals surface area (Å²) in [5, 5.41) is 2.75. The van der Waals surface area contributed by atoms with Crippen LogP contribution in [0.2, 0.25) is 5.02 Å². The zero-order chi connectivity index (χ0) is 18.6. The Balaban J connectivity index is 2.02. The van der Waals surface area contributed by atoms with E-state index in [1.807, 2.05) is 32.0 Å². The van der Waals surface area contributed by atoms with Crippen molar-refractivity contribution >= 4 is 34.8 Å². The predicted molar refractivity (Wildman–Crippen MR) is 98.6 cm³/mol. The number of halogens is 2. The fourth-order valence-corrected chi connectivity index (χ4v) is 2.55. The molecule has 0 heterocycles. The first-order valence-corrected chi connectivity index (χ1v) is 8.26. The van der Waals surface area contributed by atoms with Crippen LogP contribution in [0.25, 0.3) is 0 Å². The Morgan fingerprint density at radius 1 is 1.12 bits per heavy atom. The molecule has 0 saturated heterocycles. The molecule has 0 atom stereocenters. The highest BCUT2D eigenvalue weighted by molar-refractivity contribution is 6.31. The first kappa shape index (κ1) is 18.9. The van der Waals surface area contributed by atoms with Crippen LogP contribution in [0.5, 0.6) is 0 Å². The summed E-state index contributed by atoms with van der Waals surface area (Å²) < 4.78 is 13.3. The molecule has 2 amide bonds. The molecule has 0 aliphatic carbocycles. The number of benzene rings is 2. The summed E-state index contributed by atoms with van der Waals surface area (Å²) >= 11 is 5.77. The van der Waals surface area contributed by atoms with Gasteiger partial charge in [-0.1, -0.05) is 17.7 Å². The van der Waals surface area contributed by atoms with Crippen molar-refractivity contribution in [1.29, 1.82) is 0 Å². The van der Waals surface area contributed by atoms with Crippen LogP contribution in [0.1, 0.15) is 24.5 Å². The zero-order valence-corrected chi connectivity index (χ0v) is 15.2. The first-order valence-electron chi connectivity index (χ1n) is 7.88. The molecule has 2 aromatic carbocycles. The number of anilines is 2. The van der Waals surface area contributed by atoms with Gasteiger partial charge in [0.25, 0.3) is 0 Å². The normalized spacial score (nSPS) is 10.4. The minimum atomic E-state index is -0.554. The fourth-order valence-electron chi connectivity index (χ4n) is 2.38. The summed E-state index contributed by atoms with van der Waals surface area (Å²) in [5.41, 5.74) is 3.41. The van der Waals surface area contributed by atoms with Crippen LogP contribution < -0.4 is 10.2 Å². The molecule has 0 fully saturated rings. The van der Waals surface area contributed by atoms with Crippen molar-refractivity contribution < 1.29 is 14.0 Å². The van der Waals surface area contributed by atoms with Gasteiger partial charge in [0.15, 0.2) is 0 Å². The third-order valence-corrected chi connectivity index (χ3v) is 4.24. The van der Waals surface area contributed by atoms with E-state index in [-0.39, 0.29) is 29.8 Å². The van der Waals surface area contributed by atoms with Gasteiger partial charge in [-0.3, -0.25) is 9.59 Å². The summed E-state index contributed by atoms with van der Waals surface area (Å²) in [5.74, 6) is -1.01. The van der Waals surface area contributed by atoms with E-state index < -0.39 is 5.82 Å². The van der Waals surface area contributed by atoms with E-state index in [4.69, 9.17) is 11.6 Å². The predicted octanol–water partition coefficient (Wildman–Crippen LogP) is 4.48. The minimum absolute atomic E-state index is 0.0664.